The van der Waals surface area contributed by atoms with Crippen LogP contribution in [0.25, 0.3) is 0 Å². The van der Waals surface area contributed by atoms with E-state index >= 15 is 0 Å². The van der Waals surface area contributed by atoms with Crippen molar-refractivity contribution in [3.8, 4) is 0 Å². The largest absolute Gasteiger partial charge is 0.306 e. The van der Waals surface area contributed by atoms with Gasteiger partial charge in [-0.25, -0.2) is 17.5 Å². The van der Waals surface area contributed by atoms with E-state index in [1.165, 1.54) is 0 Å². The Morgan fingerprint density at radius 1 is 1.29 bits per heavy atom. The molecule has 1 aromatic rings. The molecule has 9 heteroatoms. The van der Waals surface area contributed by atoms with Crippen LogP contribution in [-0.4, -0.2) is 19.4 Å². The van der Waals surface area contributed by atoms with Crippen LogP contribution in [-0.2, 0) is 10.0 Å². The summed E-state index contributed by atoms with van der Waals surface area (Å²) in [5.41, 5.74) is -1.07. The molecule has 1 aliphatic rings. The number of nitro benzene ring substituents is 1. The number of halogens is 2. The zero-order valence-corrected chi connectivity index (χ0v) is 12.0. The fourth-order valence-electron chi connectivity index (χ4n) is 2.46. The molecule has 0 spiro atoms. The first-order valence-electron chi connectivity index (χ1n) is 6.36. The number of nitrogens with zero attached hydrogens (tertiary/aromatic N) is 1. The molecule has 1 fully saturated rings. The Morgan fingerprint density at radius 2 is 1.95 bits per heavy atom. The van der Waals surface area contributed by atoms with Crippen LogP contribution in [0.3, 0.4) is 0 Å². The highest BCUT2D eigenvalue weighted by Crippen LogP contribution is 2.28. The summed E-state index contributed by atoms with van der Waals surface area (Å²) in [4.78, 5) is 8.63. The fraction of sp³-hybridized carbons (Fsp3) is 0.500. The van der Waals surface area contributed by atoms with Gasteiger partial charge in [-0.15, -0.1) is 0 Å². The average Bonchev–Trinajstić information content (AvgIpc) is 2.72. The van der Waals surface area contributed by atoms with E-state index < -0.39 is 37.2 Å². The predicted octanol–water partition coefficient (Wildman–Crippen LogP) is 2.34. The molecule has 0 heterocycles. The summed E-state index contributed by atoms with van der Waals surface area (Å²) in [5.74, 6) is -2.41. The first kappa shape index (κ1) is 15.8. The van der Waals surface area contributed by atoms with E-state index in [2.05, 4.69) is 4.72 Å². The minimum Gasteiger partial charge on any atom is -0.258 e. The van der Waals surface area contributed by atoms with Crippen LogP contribution in [0.4, 0.5) is 14.5 Å². The van der Waals surface area contributed by atoms with Crippen LogP contribution in [0.1, 0.15) is 26.2 Å². The maximum Gasteiger partial charge on any atom is 0.306 e. The van der Waals surface area contributed by atoms with Gasteiger partial charge in [0.2, 0.25) is 15.8 Å². The van der Waals surface area contributed by atoms with Crippen molar-refractivity contribution in [1.29, 1.82) is 0 Å². The van der Waals surface area contributed by atoms with Gasteiger partial charge < -0.3 is 0 Å². The molecule has 1 saturated carbocycles. The molecule has 0 saturated heterocycles. The zero-order valence-electron chi connectivity index (χ0n) is 11.2. The van der Waals surface area contributed by atoms with Crippen LogP contribution >= 0.6 is 0 Å². The van der Waals surface area contributed by atoms with Crippen molar-refractivity contribution in [3.05, 3.63) is 33.9 Å². The van der Waals surface area contributed by atoms with Gasteiger partial charge in [0.05, 0.1) is 4.92 Å². The minimum absolute atomic E-state index is 0.212. The third kappa shape index (κ3) is 3.35. The van der Waals surface area contributed by atoms with Crippen molar-refractivity contribution < 1.29 is 22.1 Å². The van der Waals surface area contributed by atoms with Gasteiger partial charge in [0.15, 0.2) is 0 Å². The molecule has 21 heavy (non-hydrogen) atoms. The standard InChI is InChI=1S/C12H14F2N2O4S/c1-7-2-3-8(4-7)15-21(19,20)12-6-11(16(17)18)9(13)5-10(12)14/h5-8,15H,2-4H2,1H3. The summed E-state index contributed by atoms with van der Waals surface area (Å²) in [7, 11) is -4.27. The Kier molecular flexibility index (Phi) is 4.24. The van der Waals surface area contributed by atoms with Gasteiger partial charge in [-0.3, -0.25) is 10.1 Å². The van der Waals surface area contributed by atoms with Crippen LogP contribution in [0.5, 0.6) is 0 Å². The van der Waals surface area contributed by atoms with Crippen LogP contribution in [0.2, 0.25) is 0 Å². The van der Waals surface area contributed by atoms with Crippen molar-refractivity contribution >= 4 is 15.7 Å². The van der Waals surface area contributed by atoms with E-state index in [4.69, 9.17) is 0 Å². The lowest BCUT2D eigenvalue weighted by Gasteiger charge is -2.13. The molecular formula is C12H14F2N2O4S. The molecule has 1 N–H and O–H groups in total. The molecule has 0 bridgehead atoms. The van der Waals surface area contributed by atoms with Gasteiger partial charge in [0.1, 0.15) is 10.7 Å². The number of nitro groups is 1. The molecule has 0 amide bonds. The van der Waals surface area contributed by atoms with Crippen LogP contribution < -0.4 is 4.72 Å². The maximum atomic E-state index is 13.7. The maximum absolute atomic E-state index is 13.7. The normalized spacial score (nSPS) is 22.4. The first-order valence-corrected chi connectivity index (χ1v) is 7.85. The lowest BCUT2D eigenvalue weighted by Crippen LogP contribution is -2.33. The average molecular weight is 320 g/mol. The van der Waals surface area contributed by atoms with Crippen molar-refractivity contribution in [1.82, 2.24) is 4.72 Å². The van der Waals surface area contributed by atoms with E-state index in [1.807, 2.05) is 6.92 Å². The predicted molar refractivity (Wildman–Crippen MR) is 70.1 cm³/mol. The summed E-state index contributed by atoms with van der Waals surface area (Å²) in [6.45, 7) is 1.97. The van der Waals surface area contributed by atoms with Gasteiger partial charge in [0.25, 0.3) is 0 Å². The summed E-state index contributed by atoms with van der Waals surface area (Å²) in [6.07, 6.45) is 2.08. The van der Waals surface area contributed by atoms with Crippen molar-refractivity contribution in [2.75, 3.05) is 0 Å². The quantitative estimate of drug-likeness (QED) is 0.681. The second-order valence-electron chi connectivity index (χ2n) is 5.23. The Morgan fingerprint density at radius 3 is 2.48 bits per heavy atom. The van der Waals surface area contributed by atoms with Gasteiger partial charge in [0, 0.05) is 18.2 Å². The Hall–Kier alpha value is -1.61. The number of rotatable bonds is 4. The highest BCUT2D eigenvalue weighted by atomic mass is 32.2. The first-order chi connectivity index (χ1) is 9.70. The molecule has 1 aromatic carbocycles. The smallest absolute Gasteiger partial charge is 0.258 e. The number of hydrogen-bond acceptors (Lipinski definition) is 4. The van der Waals surface area contributed by atoms with Crippen molar-refractivity contribution in [3.63, 3.8) is 0 Å². The molecule has 2 rings (SSSR count). The summed E-state index contributed by atoms with van der Waals surface area (Å²) < 4.78 is 53.4. The SMILES string of the molecule is CC1CCC(NS(=O)(=O)c2cc([N+](=O)[O-])c(F)cc2F)C1. The number of nitrogens with one attached hydrogen (secondary N) is 1. The minimum atomic E-state index is -4.27. The third-order valence-electron chi connectivity index (χ3n) is 3.50. The Balaban J connectivity index is 2.35. The van der Waals surface area contributed by atoms with Crippen molar-refractivity contribution in [2.45, 2.75) is 37.1 Å². The molecular weight excluding hydrogens is 306 g/mol. The second kappa shape index (κ2) is 5.64. The molecule has 6 nitrogen and oxygen atoms in total. The Bertz CT molecular complexity index is 678. The Labute approximate surface area is 120 Å². The zero-order chi connectivity index (χ0) is 15.8. The topological polar surface area (TPSA) is 89.3 Å². The summed E-state index contributed by atoms with van der Waals surface area (Å²) in [5, 5.41) is 10.6. The van der Waals surface area contributed by atoms with E-state index in [0.29, 0.717) is 24.8 Å². The number of sulfonamides is 1. The molecule has 0 aliphatic heterocycles. The van der Waals surface area contributed by atoms with Crippen LogP contribution in [0, 0.1) is 27.7 Å². The van der Waals surface area contributed by atoms with E-state index in [1.54, 1.807) is 0 Å². The van der Waals surface area contributed by atoms with E-state index in [-0.39, 0.29) is 12.1 Å². The van der Waals surface area contributed by atoms with Crippen molar-refractivity contribution in [2.24, 2.45) is 5.92 Å². The van der Waals surface area contributed by atoms with Gasteiger partial charge in [-0.1, -0.05) is 6.92 Å². The second-order valence-corrected chi connectivity index (χ2v) is 6.91. The lowest BCUT2D eigenvalue weighted by molar-refractivity contribution is -0.387. The monoisotopic (exact) mass is 320 g/mol. The highest BCUT2D eigenvalue weighted by Gasteiger charge is 2.30. The fourth-order valence-corrected chi connectivity index (χ4v) is 3.82. The van der Waals surface area contributed by atoms with E-state index in [9.17, 15) is 27.3 Å². The molecule has 116 valence electrons. The van der Waals surface area contributed by atoms with Gasteiger partial charge in [-0.05, 0) is 25.2 Å². The number of benzene rings is 1. The van der Waals surface area contributed by atoms with Crippen LogP contribution in [0.15, 0.2) is 17.0 Å². The molecule has 2 atom stereocenters. The van der Waals surface area contributed by atoms with E-state index in [0.717, 1.165) is 6.42 Å². The molecule has 0 aromatic heterocycles. The molecule has 1 aliphatic carbocycles. The van der Waals surface area contributed by atoms with Gasteiger partial charge >= 0.3 is 5.69 Å². The number of hydrogen-bond donors (Lipinski definition) is 1. The third-order valence-corrected chi connectivity index (χ3v) is 5.04. The molecule has 0 radical (unpaired) electrons. The lowest BCUT2D eigenvalue weighted by atomic mass is 10.1. The van der Waals surface area contributed by atoms with Gasteiger partial charge in [-0.2, -0.15) is 4.39 Å². The summed E-state index contributed by atoms with van der Waals surface area (Å²) in [6, 6.07) is 0.281. The summed E-state index contributed by atoms with van der Waals surface area (Å²) >= 11 is 0. The highest BCUT2D eigenvalue weighted by molar-refractivity contribution is 7.89. The molecule has 2 unspecified atom stereocenters.